The summed E-state index contributed by atoms with van der Waals surface area (Å²) in [6, 6.07) is 5.55. The number of esters is 1. The third-order valence-corrected chi connectivity index (χ3v) is 2.89. The molecule has 0 saturated heterocycles. The topological polar surface area (TPSA) is 96.6 Å². The minimum absolute atomic E-state index is 0.144. The molecule has 0 aliphatic carbocycles. The normalized spacial score (nSPS) is 10.5. The van der Waals surface area contributed by atoms with Gasteiger partial charge in [-0.1, -0.05) is 13.3 Å². The van der Waals surface area contributed by atoms with Gasteiger partial charge < -0.3 is 19.1 Å². The average Bonchev–Trinajstić information content (AvgIpc) is 2.44. The van der Waals surface area contributed by atoms with Crippen LogP contribution in [0.1, 0.15) is 36.5 Å². The lowest BCUT2D eigenvalue weighted by Crippen LogP contribution is -2.28. The number of hydrogen-bond acceptors (Lipinski definition) is 6. The third kappa shape index (κ3) is 3.47. The zero-order valence-corrected chi connectivity index (χ0v) is 11.4. The fraction of sp³-hybridized carbons (Fsp3) is 0.267. The van der Waals surface area contributed by atoms with E-state index >= 15 is 0 Å². The molecule has 0 radical (unpaired) electrons. The van der Waals surface area contributed by atoms with Gasteiger partial charge in [-0.25, -0.2) is 4.79 Å². The van der Waals surface area contributed by atoms with Gasteiger partial charge in [0, 0.05) is 17.9 Å². The lowest BCUT2D eigenvalue weighted by molar-refractivity contribution is -0.255. The van der Waals surface area contributed by atoms with Gasteiger partial charge in [0.2, 0.25) is 0 Å². The molecule has 6 nitrogen and oxygen atoms in total. The lowest BCUT2D eigenvalue weighted by Gasteiger charge is -2.06. The summed E-state index contributed by atoms with van der Waals surface area (Å²) in [5, 5.41) is 11.1. The predicted molar refractivity (Wildman–Crippen MR) is 72.0 cm³/mol. The van der Waals surface area contributed by atoms with Crippen LogP contribution in [0.3, 0.4) is 0 Å². The Kier molecular flexibility index (Phi) is 4.37. The van der Waals surface area contributed by atoms with Crippen LogP contribution in [-0.4, -0.2) is 11.9 Å². The highest BCUT2D eigenvalue weighted by Gasteiger charge is 2.09. The summed E-state index contributed by atoms with van der Waals surface area (Å²) < 4.78 is 10.0. The number of carboxylic acids is 1. The number of carbonyl (C=O) groups excluding carboxylic acids is 2. The molecule has 0 bridgehead atoms. The molecule has 0 aliphatic heterocycles. The summed E-state index contributed by atoms with van der Waals surface area (Å²) >= 11 is 0. The van der Waals surface area contributed by atoms with E-state index in [4.69, 9.17) is 9.15 Å². The minimum Gasteiger partial charge on any atom is -0.545 e. The third-order valence-electron chi connectivity index (χ3n) is 2.89. The summed E-state index contributed by atoms with van der Waals surface area (Å²) in [4.78, 5) is 33.7. The summed E-state index contributed by atoms with van der Waals surface area (Å²) in [6.07, 6.45) is 1.92. The number of aromatic carboxylic acids is 1. The fourth-order valence-corrected chi connectivity index (χ4v) is 1.80. The molecule has 1 heterocycles. The molecular weight excluding hydrogens is 276 g/mol. The van der Waals surface area contributed by atoms with Crippen LogP contribution in [-0.2, 0) is 4.79 Å². The van der Waals surface area contributed by atoms with Crippen LogP contribution in [0.15, 0.2) is 33.5 Å². The smallest absolute Gasteiger partial charge is 0.345 e. The summed E-state index contributed by atoms with van der Waals surface area (Å²) in [6.45, 7) is 1.97. The molecule has 0 amide bonds. The molecule has 1 aromatic heterocycles. The van der Waals surface area contributed by atoms with E-state index in [9.17, 15) is 19.5 Å². The number of carboxylic acid groups (broad SMARTS) is 1. The second kappa shape index (κ2) is 6.21. The first kappa shape index (κ1) is 14.8. The van der Waals surface area contributed by atoms with E-state index in [1.54, 1.807) is 0 Å². The maximum absolute atomic E-state index is 11.5. The molecule has 0 N–H and O–H groups in total. The number of carbonyl (C=O) groups is 2. The highest BCUT2D eigenvalue weighted by Crippen LogP contribution is 2.21. The van der Waals surface area contributed by atoms with Gasteiger partial charge in [-0.15, -0.1) is 0 Å². The van der Waals surface area contributed by atoms with Gasteiger partial charge in [-0.3, -0.25) is 4.79 Å². The van der Waals surface area contributed by atoms with Gasteiger partial charge in [0.25, 0.3) is 0 Å². The first-order valence-electron chi connectivity index (χ1n) is 6.51. The maximum atomic E-state index is 11.5. The number of rotatable bonds is 5. The molecule has 2 aromatic rings. The molecule has 0 unspecified atom stereocenters. The number of ether oxygens (including phenoxy) is 1. The van der Waals surface area contributed by atoms with Crippen molar-refractivity contribution in [3.05, 3.63) is 40.2 Å². The van der Waals surface area contributed by atoms with Gasteiger partial charge in [-0.05, 0) is 24.6 Å². The quantitative estimate of drug-likeness (QED) is 0.467. The van der Waals surface area contributed by atoms with Crippen molar-refractivity contribution in [2.75, 3.05) is 0 Å². The van der Waals surface area contributed by atoms with Gasteiger partial charge in [-0.2, -0.15) is 0 Å². The summed E-state index contributed by atoms with van der Waals surface area (Å²) in [7, 11) is 0. The zero-order valence-electron chi connectivity index (χ0n) is 11.4. The Balaban J connectivity index is 2.30. The van der Waals surface area contributed by atoms with Crippen molar-refractivity contribution in [3.63, 3.8) is 0 Å². The van der Waals surface area contributed by atoms with Crippen molar-refractivity contribution in [1.29, 1.82) is 0 Å². The second-order valence-electron chi connectivity index (χ2n) is 4.51. The molecule has 21 heavy (non-hydrogen) atoms. The minimum atomic E-state index is -1.60. The lowest BCUT2D eigenvalue weighted by atomic mass is 10.2. The van der Waals surface area contributed by atoms with Crippen LogP contribution in [0, 0.1) is 0 Å². The molecular formula is C15H13O6-. The standard InChI is InChI=1S/C15H14O6/c1-2-3-4-13(16)20-10-6-5-9-7-11(14(17)18)15(19)21-12(9)8-10/h5-8H,2-4H2,1H3,(H,17,18)/p-1. The monoisotopic (exact) mass is 289 g/mol. The Morgan fingerprint density at radius 2 is 2.05 bits per heavy atom. The van der Waals surface area contributed by atoms with E-state index in [2.05, 4.69) is 0 Å². The zero-order chi connectivity index (χ0) is 15.4. The molecule has 0 fully saturated rings. The van der Waals surface area contributed by atoms with Gasteiger partial charge in [0.15, 0.2) is 0 Å². The van der Waals surface area contributed by atoms with Crippen molar-refractivity contribution in [3.8, 4) is 5.75 Å². The number of unbranched alkanes of at least 4 members (excludes halogenated alkanes) is 1. The van der Waals surface area contributed by atoms with Crippen molar-refractivity contribution in [2.45, 2.75) is 26.2 Å². The number of fused-ring (bicyclic) bond motifs is 1. The van der Waals surface area contributed by atoms with E-state index in [0.717, 1.165) is 12.8 Å². The van der Waals surface area contributed by atoms with Crippen molar-refractivity contribution in [1.82, 2.24) is 0 Å². The molecule has 0 atom stereocenters. The van der Waals surface area contributed by atoms with Crippen LogP contribution in [0.5, 0.6) is 5.75 Å². The highest BCUT2D eigenvalue weighted by molar-refractivity contribution is 5.90. The molecule has 0 saturated carbocycles. The van der Waals surface area contributed by atoms with Crippen molar-refractivity contribution < 1.29 is 23.8 Å². The van der Waals surface area contributed by atoms with Gasteiger partial charge >= 0.3 is 11.6 Å². The SMILES string of the molecule is CCCCC(=O)Oc1ccc2cc(C(=O)[O-])c(=O)oc2c1. The average molecular weight is 289 g/mol. The van der Waals surface area contributed by atoms with Gasteiger partial charge in [0.1, 0.15) is 11.3 Å². The van der Waals surface area contributed by atoms with Crippen LogP contribution in [0.2, 0.25) is 0 Å². The first-order chi connectivity index (χ1) is 10.0. The Morgan fingerprint density at radius 1 is 1.29 bits per heavy atom. The number of benzene rings is 1. The largest absolute Gasteiger partial charge is 0.545 e. The molecule has 110 valence electrons. The van der Waals surface area contributed by atoms with E-state index in [1.165, 1.54) is 24.3 Å². The first-order valence-corrected chi connectivity index (χ1v) is 6.51. The van der Waals surface area contributed by atoms with Crippen LogP contribution in [0.25, 0.3) is 11.0 Å². The Bertz CT molecular complexity index is 743. The van der Waals surface area contributed by atoms with Crippen LogP contribution < -0.4 is 15.5 Å². The summed E-state index contributed by atoms with van der Waals surface area (Å²) in [5.74, 6) is -1.72. The van der Waals surface area contributed by atoms with Crippen molar-refractivity contribution in [2.24, 2.45) is 0 Å². The maximum Gasteiger partial charge on any atom is 0.345 e. The Morgan fingerprint density at radius 3 is 2.71 bits per heavy atom. The Hall–Kier alpha value is -2.63. The second-order valence-corrected chi connectivity index (χ2v) is 4.51. The fourth-order valence-electron chi connectivity index (χ4n) is 1.80. The van der Waals surface area contributed by atoms with E-state index in [0.29, 0.717) is 11.8 Å². The number of hydrogen-bond donors (Lipinski definition) is 0. The van der Waals surface area contributed by atoms with E-state index in [-0.39, 0.29) is 17.3 Å². The molecule has 6 heteroatoms. The van der Waals surface area contributed by atoms with E-state index < -0.39 is 17.2 Å². The van der Waals surface area contributed by atoms with Crippen molar-refractivity contribution >= 4 is 22.9 Å². The predicted octanol–water partition coefficient (Wildman–Crippen LogP) is 1.25. The summed E-state index contributed by atoms with van der Waals surface area (Å²) in [5.41, 5.74) is -1.40. The van der Waals surface area contributed by atoms with Gasteiger partial charge in [0.05, 0.1) is 11.5 Å². The van der Waals surface area contributed by atoms with Crippen LogP contribution >= 0.6 is 0 Å². The van der Waals surface area contributed by atoms with Crippen LogP contribution in [0.4, 0.5) is 0 Å². The highest BCUT2D eigenvalue weighted by atomic mass is 16.5. The molecule has 2 rings (SSSR count). The van der Waals surface area contributed by atoms with E-state index in [1.807, 2.05) is 6.92 Å². The molecule has 1 aromatic carbocycles. The Labute approximate surface area is 119 Å². The molecule has 0 aliphatic rings. The molecule has 0 spiro atoms.